The summed E-state index contributed by atoms with van der Waals surface area (Å²) in [7, 11) is 2.13. The van der Waals surface area contributed by atoms with Crippen LogP contribution < -0.4 is 10.6 Å². The third kappa shape index (κ3) is 3.84. The molecule has 20 heavy (non-hydrogen) atoms. The molecule has 0 spiro atoms. The molecule has 0 radical (unpaired) electrons. The average Bonchev–Trinajstić information content (AvgIpc) is 2.39. The van der Waals surface area contributed by atoms with Gasteiger partial charge >= 0.3 is 0 Å². The van der Waals surface area contributed by atoms with Crippen LogP contribution in [-0.2, 0) is 13.0 Å². The van der Waals surface area contributed by atoms with Gasteiger partial charge in [0.1, 0.15) is 0 Å². The standard InChI is InChI=1S/C17H21BrN2/c1-13-4-3-5-14(10-13)12-20(2)17-7-6-16(18)11-15(17)8-9-19/h3-7,10-11H,8-9,12,19H2,1-2H3. The maximum atomic E-state index is 5.72. The predicted octanol–water partition coefficient (Wildman–Crippen LogP) is 3.90. The zero-order valence-electron chi connectivity index (χ0n) is 12.1. The molecule has 0 heterocycles. The third-order valence-electron chi connectivity index (χ3n) is 3.37. The van der Waals surface area contributed by atoms with Crippen molar-refractivity contribution in [1.82, 2.24) is 0 Å². The summed E-state index contributed by atoms with van der Waals surface area (Å²) in [6.07, 6.45) is 0.896. The lowest BCUT2D eigenvalue weighted by molar-refractivity contribution is 0.891. The number of rotatable bonds is 5. The molecule has 0 saturated heterocycles. The summed E-state index contributed by atoms with van der Waals surface area (Å²) < 4.78 is 1.11. The van der Waals surface area contributed by atoms with Gasteiger partial charge in [0.15, 0.2) is 0 Å². The Morgan fingerprint density at radius 1 is 1.15 bits per heavy atom. The van der Waals surface area contributed by atoms with Crippen molar-refractivity contribution in [3.8, 4) is 0 Å². The maximum absolute atomic E-state index is 5.72. The molecule has 2 aromatic rings. The van der Waals surface area contributed by atoms with E-state index in [1.54, 1.807) is 0 Å². The molecule has 3 heteroatoms. The van der Waals surface area contributed by atoms with Crippen molar-refractivity contribution in [2.45, 2.75) is 19.9 Å². The number of nitrogens with two attached hydrogens (primary N) is 1. The maximum Gasteiger partial charge on any atom is 0.0426 e. The molecule has 2 N–H and O–H groups in total. The molecule has 0 atom stereocenters. The predicted molar refractivity (Wildman–Crippen MR) is 90.2 cm³/mol. The van der Waals surface area contributed by atoms with Crippen molar-refractivity contribution in [1.29, 1.82) is 0 Å². The van der Waals surface area contributed by atoms with Crippen molar-refractivity contribution in [2.24, 2.45) is 5.73 Å². The van der Waals surface area contributed by atoms with Gasteiger partial charge in [0.2, 0.25) is 0 Å². The van der Waals surface area contributed by atoms with Gasteiger partial charge in [-0.05, 0) is 49.2 Å². The zero-order valence-corrected chi connectivity index (χ0v) is 13.7. The van der Waals surface area contributed by atoms with Gasteiger partial charge in [-0.25, -0.2) is 0 Å². The van der Waals surface area contributed by atoms with Crippen LogP contribution in [0.5, 0.6) is 0 Å². The Morgan fingerprint density at radius 2 is 1.95 bits per heavy atom. The van der Waals surface area contributed by atoms with E-state index in [1.165, 1.54) is 22.4 Å². The number of benzene rings is 2. The van der Waals surface area contributed by atoms with E-state index in [-0.39, 0.29) is 0 Å². The molecule has 2 nitrogen and oxygen atoms in total. The highest BCUT2D eigenvalue weighted by Gasteiger charge is 2.08. The lowest BCUT2D eigenvalue weighted by atomic mass is 10.1. The molecule has 2 aromatic carbocycles. The first kappa shape index (κ1) is 15.1. The van der Waals surface area contributed by atoms with Crippen LogP contribution in [0.25, 0.3) is 0 Å². The van der Waals surface area contributed by atoms with Crippen LogP contribution in [0.3, 0.4) is 0 Å². The van der Waals surface area contributed by atoms with Crippen LogP contribution in [0.4, 0.5) is 5.69 Å². The average molecular weight is 333 g/mol. The normalized spacial score (nSPS) is 10.6. The minimum Gasteiger partial charge on any atom is -0.370 e. The molecular weight excluding hydrogens is 312 g/mol. The first-order chi connectivity index (χ1) is 9.60. The van der Waals surface area contributed by atoms with Crippen molar-refractivity contribution in [3.63, 3.8) is 0 Å². The lowest BCUT2D eigenvalue weighted by Crippen LogP contribution is -2.19. The number of halogens is 1. The van der Waals surface area contributed by atoms with E-state index in [0.717, 1.165) is 17.4 Å². The summed E-state index contributed by atoms with van der Waals surface area (Å²) in [5, 5.41) is 0. The lowest BCUT2D eigenvalue weighted by Gasteiger charge is -2.23. The van der Waals surface area contributed by atoms with E-state index < -0.39 is 0 Å². The fraction of sp³-hybridized carbons (Fsp3) is 0.294. The van der Waals surface area contributed by atoms with Gasteiger partial charge in [0, 0.05) is 23.8 Å². The Kier molecular flexibility index (Phi) is 5.21. The van der Waals surface area contributed by atoms with Crippen LogP contribution in [0.1, 0.15) is 16.7 Å². The topological polar surface area (TPSA) is 29.3 Å². The molecule has 0 aromatic heterocycles. The summed E-state index contributed by atoms with van der Waals surface area (Å²) in [6, 6.07) is 15.1. The van der Waals surface area contributed by atoms with E-state index in [9.17, 15) is 0 Å². The fourth-order valence-electron chi connectivity index (χ4n) is 2.45. The molecule has 0 aliphatic rings. The van der Waals surface area contributed by atoms with Gasteiger partial charge in [0.05, 0.1) is 0 Å². The molecule has 0 bridgehead atoms. The summed E-state index contributed by atoms with van der Waals surface area (Å²) in [4.78, 5) is 2.28. The fourth-order valence-corrected chi connectivity index (χ4v) is 2.86. The molecule has 0 amide bonds. The van der Waals surface area contributed by atoms with E-state index in [0.29, 0.717) is 6.54 Å². The second-order valence-electron chi connectivity index (χ2n) is 5.16. The number of aryl methyl sites for hydroxylation is 1. The summed E-state index contributed by atoms with van der Waals surface area (Å²) >= 11 is 3.53. The smallest absolute Gasteiger partial charge is 0.0426 e. The minimum absolute atomic E-state index is 0.668. The van der Waals surface area contributed by atoms with Crippen LogP contribution in [0.15, 0.2) is 46.9 Å². The molecule has 2 rings (SSSR count). The van der Waals surface area contributed by atoms with E-state index in [4.69, 9.17) is 5.73 Å². The SMILES string of the molecule is Cc1cccc(CN(C)c2ccc(Br)cc2CCN)c1. The van der Waals surface area contributed by atoms with Gasteiger partial charge in [-0.1, -0.05) is 45.8 Å². The molecular formula is C17H21BrN2. The number of hydrogen-bond acceptors (Lipinski definition) is 2. The van der Waals surface area contributed by atoms with E-state index in [1.807, 2.05) is 0 Å². The second-order valence-corrected chi connectivity index (χ2v) is 6.07. The van der Waals surface area contributed by atoms with Gasteiger partial charge in [0.25, 0.3) is 0 Å². The van der Waals surface area contributed by atoms with Crippen LogP contribution in [-0.4, -0.2) is 13.6 Å². The van der Waals surface area contributed by atoms with Gasteiger partial charge in [-0.2, -0.15) is 0 Å². The largest absolute Gasteiger partial charge is 0.370 e. The molecule has 0 fully saturated rings. The van der Waals surface area contributed by atoms with Crippen LogP contribution in [0, 0.1) is 6.92 Å². The highest BCUT2D eigenvalue weighted by atomic mass is 79.9. The molecule has 106 valence electrons. The summed E-state index contributed by atoms with van der Waals surface area (Å²) in [6.45, 7) is 3.70. The first-order valence-corrected chi connectivity index (χ1v) is 7.64. The molecule has 0 aliphatic heterocycles. The summed E-state index contributed by atoms with van der Waals surface area (Å²) in [5.74, 6) is 0. The monoisotopic (exact) mass is 332 g/mol. The highest BCUT2D eigenvalue weighted by molar-refractivity contribution is 9.10. The Morgan fingerprint density at radius 3 is 2.65 bits per heavy atom. The number of nitrogens with zero attached hydrogens (tertiary/aromatic N) is 1. The van der Waals surface area contributed by atoms with E-state index >= 15 is 0 Å². The van der Waals surface area contributed by atoms with Crippen molar-refractivity contribution < 1.29 is 0 Å². The Bertz CT molecular complexity index is 581. The van der Waals surface area contributed by atoms with E-state index in [2.05, 4.69) is 77.3 Å². The second kappa shape index (κ2) is 6.91. The minimum atomic E-state index is 0.668. The van der Waals surface area contributed by atoms with Crippen molar-refractivity contribution in [2.75, 3.05) is 18.5 Å². The van der Waals surface area contributed by atoms with Gasteiger partial charge in [-0.15, -0.1) is 0 Å². The Labute approximate surface area is 129 Å². The highest BCUT2D eigenvalue weighted by Crippen LogP contribution is 2.25. The van der Waals surface area contributed by atoms with Crippen LogP contribution >= 0.6 is 15.9 Å². The Balaban J connectivity index is 2.22. The van der Waals surface area contributed by atoms with Crippen molar-refractivity contribution >= 4 is 21.6 Å². The van der Waals surface area contributed by atoms with Gasteiger partial charge in [-0.3, -0.25) is 0 Å². The molecule has 0 unspecified atom stereocenters. The van der Waals surface area contributed by atoms with Gasteiger partial charge < -0.3 is 10.6 Å². The number of anilines is 1. The van der Waals surface area contributed by atoms with Crippen molar-refractivity contribution in [3.05, 3.63) is 63.6 Å². The quantitative estimate of drug-likeness (QED) is 0.899. The zero-order chi connectivity index (χ0) is 14.5. The van der Waals surface area contributed by atoms with Crippen LogP contribution in [0.2, 0.25) is 0 Å². The first-order valence-electron chi connectivity index (χ1n) is 6.85. The molecule has 0 saturated carbocycles. The number of hydrogen-bond donors (Lipinski definition) is 1. The third-order valence-corrected chi connectivity index (χ3v) is 3.86. The summed E-state index contributed by atoms with van der Waals surface area (Å²) in [5.41, 5.74) is 10.9. The Hall–Kier alpha value is -1.32. The molecule has 0 aliphatic carbocycles.